The summed E-state index contributed by atoms with van der Waals surface area (Å²) in [5.41, 5.74) is 8.53. The van der Waals surface area contributed by atoms with E-state index in [9.17, 15) is 14.4 Å². The molecule has 43 heavy (non-hydrogen) atoms. The van der Waals surface area contributed by atoms with E-state index in [1.54, 1.807) is 6.92 Å². The van der Waals surface area contributed by atoms with Crippen LogP contribution in [-0.4, -0.2) is 42.6 Å². The molecule has 250 valence electrons. The van der Waals surface area contributed by atoms with Gasteiger partial charge in [-0.05, 0) is 55.0 Å². The standard InChI is InChI=1S/C23H25NO5.C4H10.C3H8.2C2H6.CH5N.H3N.H2/c1-2-29-23(28)20-14-18(24-21(25)10-11-22(26)27)12-17-9-8-16(13-19(17)20)15-6-4-3-5-7-15;1-4(2)3;1-3-2;3*1-2;;/h3-9,13,18,20H,2,10-12,14H2,1H3,(H,24,25)(H,26,27);4H,1-3H3;3H2,1-2H3;2*1-2H3;2H2,1H3;1H3;1H/t18-,20+;;;;;;;/m1......./s1. The van der Waals surface area contributed by atoms with Gasteiger partial charge in [-0.25, -0.2) is 0 Å². The number of carbonyl (C=O) groups excluding carboxylic acids is 2. The van der Waals surface area contributed by atoms with Crippen molar-refractivity contribution in [3.63, 3.8) is 0 Å². The molecule has 8 nitrogen and oxygen atoms in total. The van der Waals surface area contributed by atoms with Crippen molar-refractivity contribution in [2.24, 2.45) is 11.7 Å². The Bertz CT molecular complexity index is 969. The van der Waals surface area contributed by atoms with Crippen LogP contribution in [0.2, 0.25) is 0 Å². The minimum absolute atomic E-state index is 0. The first-order chi connectivity index (χ1) is 20.1. The summed E-state index contributed by atoms with van der Waals surface area (Å²) in [5, 5.41) is 11.6. The van der Waals surface area contributed by atoms with Crippen molar-refractivity contribution in [3.8, 4) is 11.1 Å². The molecule has 2 aromatic rings. The van der Waals surface area contributed by atoms with Gasteiger partial charge in [0.25, 0.3) is 0 Å². The molecule has 8 heteroatoms. The minimum Gasteiger partial charge on any atom is -0.481 e. The molecule has 0 unspecified atom stereocenters. The van der Waals surface area contributed by atoms with Crippen molar-refractivity contribution in [2.75, 3.05) is 13.7 Å². The number of ether oxygens (including phenoxy) is 1. The lowest BCUT2D eigenvalue weighted by Gasteiger charge is -2.31. The molecule has 0 heterocycles. The van der Waals surface area contributed by atoms with Crippen molar-refractivity contribution >= 4 is 17.8 Å². The molecule has 2 atom stereocenters. The summed E-state index contributed by atoms with van der Waals surface area (Å²) >= 11 is 0. The Hall–Kier alpha value is -3.23. The SMILES string of the molecule is CC.CC.CC(C)C.CCC.CCOC(=O)[C@H]1C[C@H](NC(=O)CCC(=O)O)Cc2ccc(-c3ccccc3)cc21.CN.N.[HH]. The summed E-state index contributed by atoms with van der Waals surface area (Å²) in [4.78, 5) is 35.4. The molecule has 1 aliphatic rings. The lowest BCUT2D eigenvalue weighted by molar-refractivity contribution is -0.145. The van der Waals surface area contributed by atoms with E-state index in [0.717, 1.165) is 28.2 Å². The molecular weight excluding hydrogens is 542 g/mol. The van der Waals surface area contributed by atoms with E-state index in [1.807, 2.05) is 76.2 Å². The first-order valence-electron chi connectivity index (χ1n) is 15.6. The Kier molecular flexibility index (Phi) is 32.9. The maximum absolute atomic E-state index is 12.6. The number of carboxylic acid groups (broad SMARTS) is 1. The van der Waals surface area contributed by atoms with E-state index in [-0.39, 0.29) is 38.3 Å². The van der Waals surface area contributed by atoms with Crippen molar-refractivity contribution < 1.29 is 25.7 Å². The summed E-state index contributed by atoms with van der Waals surface area (Å²) in [7, 11) is 1.50. The number of nitrogens with two attached hydrogens (primary N) is 1. The molecule has 0 spiro atoms. The van der Waals surface area contributed by atoms with Crippen LogP contribution in [0.5, 0.6) is 0 Å². The second kappa shape index (κ2) is 30.2. The average Bonchev–Trinajstić information content (AvgIpc) is 2.99. The zero-order chi connectivity index (χ0) is 33.1. The predicted molar refractivity (Wildman–Crippen MR) is 185 cm³/mol. The molecule has 3 rings (SSSR count). The highest BCUT2D eigenvalue weighted by atomic mass is 16.5. The maximum atomic E-state index is 12.6. The number of amides is 1. The van der Waals surface area contributed by atoms with Crippen LogP contribution in [0.15, 0.2) is 48.5 Å². The highest BCUT2D eigenvalue weighted by Crippen LogP contribution is 2.36. The molecule has 1 amide bonds. The number of fused-ring (bicyclic) bond motifs is 1. The lowest BCUT2D eigenvalue weighted by atomic mass is 9.79. The van der Waals surface area contributed by atoms with Crippen LogP contribution < -0.4 is 17.2 Å². The number of hydrogen-bond acceptors (Lipinski definition) is 6. The molecule has 0 saturated carbocycles. The van der Waals surface area contributed by atoms with Gasteiger partial charge in [0.15, 0.2) is 0 Å². The molecule has 0 aliphatic heterocycles. The zero-order valence-corrected chi connectivity index (χ0v) is 29.0. The van der Waals surface area contributed by atoms with Gasteiger partial charge >= 0.3 is 11.9 Å². The third kappa shape index (κ3) is 21.2. The Labute approximate surface area is 264 Å². The molecule has 7 N–H and O–H groups in total. The van der Waals surface area contributed by atoms with Crippen LogP contribution in [0.4, 0.5) is 0 Å². The number of carbonyl (C=O) groups is 3. The van der Waals surface area contributed by atoms with Crippen LogP contribution in [0.3, 0.4) is 0 Å². The van der Waals surface area contributed by atoms with Crippen molar-refractivity contribution in [3.05, 3.63) is 59.7 Å². The Morgan fingerprint density at radius 1 is 0.930 bits per heavy atom. The lowest BCUT2D eigenvalue weighted by Crippen LogP contribution is -2.41. The fraction of sp³-hybridized carbons (Fsp3) is 0.571. The fourth-order valence-electron chi connectivity index (χ4n) is 3.77. The zero-order valence-electron chi connectivity index (χ0n) is 29.0. The van der Waals surface area contributed by atoms with Gasteiger partial charge in [-0.3, -0.25) is 14.4 Å². The largest absolute Gasteiger partial charge is 0.481 e. The Balaban J connectivity index is -0.000000294. The summed E-state index contributed by atoms with van der Waals surface area (Å²) in [6.07, 6.45) is 1.99. The summed E-state index contributed by atoms with van der Waals surface area (Å²) in [5.74, 6) is -1.26. The molecular formula is C35H65N3O5. The number of carboxylic acids is 1. The van der Waals surface area contributed by atoms with Gasteiger partial charge in [0, 0.05) is 13.9 Å². The number of hydrogen-bond donors (Lipinski definition) is 4. The van der Waals surface area contributed by atoms with E-state index in [0.29, 0.717) is 19.4 Å². The van der Waals surface area contributed by atoms with E-state index >= 15 is 0 Å². The first-order valence-corrected chi connectivity index (χ1v) is 15.6. The molecule has 2 aromatic carbocycles. The van der Waals surface area contributed by atoms with Crippen LogP contribution in [-0.2, 0) is 25.5 Å². The molecule has 0 fully saturated rings. The van der Waals surface area contributed by atoms with Gasteiger partial charge in [0.2, 0.25) is 5.91 Å². The van der Waals surface area contributed by atoms with Crippen LogP contribution in [0.25, 0.3) is 11.1 Å². The fourth-order valence-corrected chi connectivity index (χ4v) is 3.77. The van der Waals surface area contributed by atoms with E-state index in [4.69, 9.17) is 9.84 Å². The second-order valence-corrected chi connectivity index (χ2v) is 9.62. The predicted octanol–water partition coefficient (Wildman–Crippen LogP) is 8.41. The van der Waals surface area contributed by atoms with E-state index in [2.05, 4.69) is 45.7 Å². The van der Waals surface area contributed by atoms with Gasteiger partial charge < -0.3 is 27.0 Å². The third-order valence-electron chi connectivity index (χ3n) is 5.12. The third-order valence-corrected chi connectivity index (χ3v) is 5.12. The topological polar surface area (TPSA) is 154 Å². The quantitative estimate of drug-likeness (QED) is 0.230. The normalized spacial score (nSPS) is 13.7. The monoisotopic (exact) mass is 607 g/mol. The number of rotatable bonds is 7. The Morgan fingerprint density at radius 3 is 1.91 bits per heavy atom. The van der Waals surface area contributed by atoms with Gasteiger partial charge in [0.1, 0.15) is 0 Å². The molecule has 0 saturated heterocycles. The molecule has 0 aromatic heterocycles. The molecule has 0 radical (unpaired) electrons. The highest BCUT2D eigenvalue weighted by Gasteiger charge is 2.33. The summed E-state index contributed by atoms with van der Waals surface area (Å²) in [6, 6.07) is 15.8. The maximum Gasteiger partial charge on any atom is 0.313 e. The molecule has 0 bridgehead atoms. The van der Waals surface area contributed by atoms with Gasteiger partial charge in [-0.1, -0.05) is 117 Å². The van der Waals surface area contributed by atoms with Crippen LogP contribution >= 0.6 is 0 Å². The van der Waals surface area contributed by atoms with Crippen LogP contribution in [0, 0.1) is 5.92 Å². The van der Waals surface area contributed by atoms with Gasteiger partial charge in [-0.2, -0.15) is 0 Å². The Morgan fingerprint density at radius 2 is 1.44 bits per heavy atom. The van der Waals surface area contributed by atoms with Gasteiger partial charge in [-0.15, -0.1) is 0 Å². The second-order valence-electron chi connectivity index (χ2n) is 9.62. The summed E-state index contributed by atoms with van der Waals surface area (Å²) < 4.78 is 5.29. The van der Waals surface area contributed by atoms with Crippen molar-refractivity contribution in [2.45, 2.75) is 113 Å². The van der Waals surface area contributed by atoms with Crippen molar-refractivity contribution in [1.29, 1.82) is 0 Å². The summed E-state index contributed by atoms with van der Waals surface area (Å²) in [6.45, 7) is 20.8. The first kappa shape index (κ1) is 46.7. The highest BCUT2D eigenvalue weighted by molar-refractivity contribution is 5.82. The van der Waals surface area contributed by atoms with E-state index in [1.165, 1.54) is 13.5 Å². The van der Waals surface area contributed by atoms with Gasteiger partial charge in [0.05, 0.1) is 18.9 Å². The van der Waals surface area contributed by atoms with Crippen LogP contribution in [0.1, 0.15) is 113 Å². The number of aliphatic carboxylic acids is 1. The smallest absolute Gasteiger partial charge is 0.313 e. The average molecular weight is 608 g/mol. The van der Waals surface area contributed by atoms with Crippen molar-refractivity contribution in [1.82, 2.24) is 11.5 Å². The van der Waals surface area contributed by atoms with E-state index < -0.39 is 11.9 Å². The number of nitrogens with one attached hydrogen (secondary N) is 1. The molecule has 1 aliphatic carbocycles. The number of esters is 1. The number of benzene rings is 2. The minimum atomic E-state index is -1.01.